The molecule has 2 fully saturated rings. The third kappa shape index (κ3) is 3.20. The molecule has 3 rings (SSSR count). The average molecular weight is 334 g/mol. The predicted octanol–water partition coefficient (Wildman–Crippen LogP) is 3.81. The monoisotopic (exact) mass is 334 g/mol. The lowest BCUT2D eigenvalue weighted by atomic mass is 9.76. The van der Waals surface area contributed by atoms with Crippen LogP contribution >= 0.6 is 11.3 Å². The highest BCUT2D eigenvalue weighted by molar-refractivity contribution is 7.13. The number of esters is 2. The van der Waals surface area contributed by atoms with E-state index >= 15 is 0 Å². The summed E-state index contributed by atoms with van der Waals surface area (Å²) in [7, 11) is 0. The fraction of sp³-hybridized carbons (Fsp3) is 0.556. The SMILES string of the molecule is C=CC(=O)OCc1ccc(OC(=O)C2CC3CC2C(C)C3C)s1. The lowest BCUT2D eigenvalue weighted by Crippen LogP contribution is -2.32. The molecule has 1 aromatic heterocycles. The first-order valence-electron chi connectivity index (χ1n) is 8.09. The van der Waals surface area contributed by atoms with Gasteiger partial charge in [-0.25, -0.2) is 4.79 Å². The Bertz CT molecular complexity index is 618. The highest BCUT2D eigenvalue weighted by Crippen LogP contribution is 2.55. The predicted molar refractivity (Wildman–Crippen MR) is 88.0 cm³/mol. The Balaban J connectivity index is 1.56. The first kappa shape index (κ1) is 16.2. The van der Waals surface area contributed by atoms with Crippen molar-refractivity contribution < 1.29 is 19.1 Å². The molecule has 5 heteroatoms. The van der Waals surface area contributed by atoms with Crippen molar-refractivity contribution in [3.05, 3.63) is 29.7 Å². The topological polar surface area (TPSA) is 52.6 Å². The standard InChI is InChI=1S/C18H22O4S/c1-4-16(19)21-9-13-5-6-17(23-13)22-18(20)15-8-12-7-14(15)11(3)10(12)2/h4-6,10-12,14-15H,1,7-9H2,2-3H3. The second-order valence-corrected chi connectivity index (χ2v) is 7.80. The van der Waals surface area contributed by atoms with Crippen molar-refractivity contribution in [2.24, 2.45) is 29.6 Å². The lowest BCUT2D eigenvalue weighted by molar-refractivity contribution is -0.141. The number of carbonyl (C=O) groups is 2. The van der Waals surface area contributed by atoms with Crippen LogP contribution in [0.3, 0.4) is 0 Å². The second-order valence-electron chi connectivity index (χ2n) is 6.67. The van der Waals surface area contributed by atoms with Gasteiger partial charge in [0, 0.05) is 11.0 Å². The van der Waals surface area contributed by atoms with Crippen LogP contribution in [0.1, 0.15) is 31.6 Å². The zero-order valence-corrected chi connectivity index (χ0v) is 14.3. The van der Waals surface area contributed by atoms with Crippen molar-refractivity contribution in [1.82, 2.24) is 0 Å². The Morgan fingerprint density at radius 1 is 1.30 bits per heavy atom. The van der Waals surface area contributed by atoms with Crippen LogP contribution in [0.4, 0.5) is 0 Å². The third-order valence-corrected chi connectivity index (χ3v) is 6.50. The van der Waals surface area contributed by atoms with Gasteiger partial charge in [0.15, 0.2) is 5.06 Å². The quantitative estimate of drug-likeness (QED) is 0.607. The molecule has 23 heavy (non-hydrogen) atoms. The Kier molecular flexibility index (Phi) is 4.57. The van der Waals surface area contributed by atoms with E-state index in [1.165, 1.54) is 11.3 Å². The molecule has 2 bridgehead atoms. The molecule has 0 saturated heterocycles. The number of fused-ring (bicyclic) bond motifs is 2. The minimum atomic E-state index is -0.456. The van der Waals surface area contributed by atoms with E-state index in [1.807, 2.05) is 6.07 Å². The third-order valence-electron chi connectivity index (χ3n) is 5.56. The van der Waals surface area contributed by atoms with Crippen molar-refractivity contribution >= 4 is 23.3 Å². The Morgan fingerprint density at radius 3 is 2.74 bits per heavy atom. The summed E-state index contributed by atoms with van der Waals surface area (Å²) >= 11 is 1.34. The van der Waals surface area contributed by atoms with Crippen molar-refractivity contribution in [1.29, 1.82) is 0 Å². The molecule has 1 aromatic rings. The highest BCUT2D eigenvalue weighted by atomic mass is 32.1. The summed E-state index contributed by atoms with van der Waals surface area (Å²) < 4.78 is 10.5. The van der Waals surface area contributed by atoms with Gasteiger partial charge in [0.2, 0.25) is 0 Å². The van der Waals surface area contributed by atoms with Crippen LogP contribution in [0.25, 0.3) is 0 Å². The van der Waals surface area contributed by atoms with E-state index in [1.54, 1.807) is 6.07 Å². The largest absolute Gasteiger partial charge is 0.457 e. The van der Waals surface area contributed by atoms with Crippen LogP contribution in [0, 0.1) is 29.6 Å². The van der Waals surface area contributed by atoms with Gasteiger partial charge in [0.05, 0.1) is 5.92 Å². The summed E-state index contributed by atoms with van der Waals surface area (Å²) in [5.74, 6) is 1.94. The molecule has 5 atom stereocenters. The summed E-state index contributed by atoms with van der Waals surface area (Å²) in [5.41, 5.74) is 0. The molecule has 1 heterocycles. The second kappa shape index (κ2) is 6.48. The molecule has 2 saturated carbocycles. The average Bonchev–Trinajstić information content (AvgIpc) is 3.22. The molecule has 4 nitrogen and oxygen atoms in total. The number of carbonyl (C=O) groups excluding carboxylic acids is 2. The first-order valence-corrected chi connectivity index (χ1v) is 8.90. The van der Waals surface area contributed by atoms with Gasteiger partial charge in [-0.3, -0.25) is 4.79 Å². The number of hydrogen-bond donors (Lipinski definition) is 0. The minimum absolute atomic E-state index is 0.0374. The molecule has 5 unspecified atom stereocenters. The van der Waals surface area contributed by atoms with E-state index in [-0.39, 0.29) is 18.5 Å². The molecule has 0 radical (unpaired) electrons. The van der Waals surface area contributed by atoms with Crippen LogP contribution < -0.4 is 4.74 Å². The van der Waals surface area contributed by atoms with Gasteiger partial charge in [-0.1, -0.05) is 31.8 Å². The Morgan fingerprint density at radius 2 is 2.09 bits per heavy atom. The lowest BCUT2D eigenvalue weighted by Gasteiger charge is -2.30. The van der Waals surface area contributed by atoms with Crippen molar-refractivity contribution in [3.8, 4) is 5.06 Å². The highest BCUT2D eigenvalue weighted by Gasteiger charge is 2.51. The molecule has 2 aliphatic rings. The summed E-state index contributed by atoms with van der Waals surface area (Å²) in [4.78, 5) is 24.4. The van der Waals surface area contributed by atoms with Crippen molar-refractivity contribution in [2.45, 2.75) is 33.3 Å². The molecule has 0 aromatic carbocycles. The molecule has 0 N–H and O–H groups in total. The number of rotatable bonds is 5. The zero-order chi connectivity index (χ0) is 16.6. The molecular weight excluding hydrogens is 312 g/mol. The fourth-order valence-corrected chi connectivity index (χ4v) is 4.85. The van der Waals surface area contributed by atoms with E-state index in [4.69, 9.17) is 9.47 Å². The van der Waals surface area contributed by atoms with Crippen LogP contribution in [-0.4, -0.2) is 11.9 Å². The smallest absolute Gasteiger partial charge is 0.330 e. The van der Waals surface area contributed by atoms with Crippen molar-refractivity contribution in [3.63, 3.8) is 0 Å². The number of thiophene rings is 1. The zero-order valence-electron chi connectivity index (χ0n) is 13.5. The van der Waals surface area contributed by atoms with Crippen LogP contribution in [-0.2, 0) is 20.9 Å². The van der Waals surface area contributed by atoms with E-state index in [0.717, 1.165) is 29.7 Å². The van der Waals surface area contributed by atoms with E-state index in [9.17, 15) is 9.59 Å². The maximum atomic E-state index is 12.5. The van der Waals surface area contributed by atoms with Crippen LogP contribution in [0.15, 0.2) is 24.8 Å². The van der Waals surface area contributed by atoms with E-state index < -0.39 is 5.97 Å². The van der Waals surface area contributed by atoms with Gasteiger partial charge >= 0.3 is 11.9 Å². The van der Waals surface area contributed by atoms with Gasteiger partial charge in [-0.2, -0.15) is 0 Å². The normalized spacial score (nSPS) is 31.8. The maximum absolute atomic E-state index is 12.5. The van der Waals surface area contributed by atoms with Gasteiger partial charge in [-0.05, 0) is 48.6 Å². The van der Waals surface area contributed by atoms with Gasteiger partial charge in [0.25, 0.3) is 0 Å². The minimum Gasteiger partial charge on any atom is -0.457 e. The molecule has 0 spiro atoms. The maximum Gasteiger partial charge on any atom is 0.330 e. The van der Waals surface area contributed by atoms with E-state index in [2.05, 4.69) is 20.4 Å². The Hall–Kier alpha value is -1.62. The Labute approximate surface area is 140 Å². The molecule has 124 valence electrons. The number of ether oxygens (including phenoxy) is 2. The van der Waals surface area contributed by atoms with Gasteiger partial charge < -0.3 is 9.47 Å². The van der Waals surface area contributed by atoms with Gasteiger partial charge in [0.1, 0.15) is 6.61 Å². The summed E-state index contributed by atoms with van der Waals surface area (Å²) in [6.07, 6.45) is 3.26. The van der Waals surface area contributed by atoms with Crippen LogP contribution in [0.5, 0.6) is 5.06 Å². The fourth-order valence-electron chi connectivity index (χ4n) is 4.08. The summed E-state index contributed by atoms with van der Waals surface area (Å²) in [6, 6.07) is 3.58. The molecular formula is C18H22O4S. The number of hydrogen-bond acceptors (Lipinski definition) is 5. The van der Waals surface area contributed by atoms with E-state index in [0.29, 0.717) is 22.8 Å². The van der Waals surface area contributed by atoms with Gasteiger partial charge in [-0.15, -0.1) is 0 Å². The summed E-state index contributed by atoms with van der Waals surface area (Å²) in [5, 5.41) is 0.572. The first-order chi connectivity index (χ1) is 11.0. The molecule has 0 amide bonds. The summed E-state index contributed by atoms with van der Waals surface area (Å²) in [6.45, 7) is 8.08. The molecule has 2 aliphatic carbocycles. The molecule has 0 aliphatic heterocycles. The van der Waals surface area contributed by atoms with Crippen LogP contribution in [0.2, 0.25) is 0 Å². The van der Waals surface area contributed by atoms with Crippen molar-refractivity contribution in [2.75, 3.05) is 0 Å².